The van der Waals surface area contributed by atoms with Crippen molar-refractivity contribution in [1.82, 2.24) is 5.32 Å². The number of benzene rings is 2. The van der Waals surface area contributed by atoms with Crippen LogP contribution in [0.3, 0.4) is 0 Å². The van der Waals surface area contributed by atoms with E-state index < -0.39 is 0 Å². The van der Waals surface area contributed by atoms with Gasteiger partial charge in [-0.2, -0.15) is 0 Å². The van der Waals surface area contributed by atoms with Crippen molar-refractivity contribution >= 4 is 0 Å². The molecule has 3 heteroatoms. The van der Waals surface area contributed by atoms with Gasteiger partial charge < -0.3 is 10.1 Å². The summed E-state index contributed by atoms with van der Waals surface area (Å²) in [6.07, 6.45) is 0. The second-order valence-corrected chi connectivity index (χ2v) is 5.43. The SMILES string of the molecule is Cc1ccc(OCC(C)NC(C)c2ccccc2F)cc1. The maximum Gasteiger partial charge on any atom is 0.127 e. The van der Waals surface area contributed by atoms with Gasteiger partial charge in [-0.3, -0.25) is 0 Å². The first-order valence-corrected chi connectivity index (χ1v) is 7.26. The minimum Gasteiger partial charge on any atom is -0.492 e. The van der Waals surface area contributed by atoms with Crippen LogP contribution in [0.2, 0.25) is 0 Å². The first-order chi connectivity index (χ1) is 10.1. The fraction of sp³-hybridized carbons (Fsp3) is 0.333. The van der Waals surface area contributed by atoms with Gasteiger partial charge in [0.15, 0.2) is 0 Å². The first-order valence-electron chi connectivity index (χ1n) is 7.26. The Bertz CT molecular complexity index is 568. The van der Waals surface area contributed by atoms with Crippen LogP contribution in [0.25, 0.3) is 0 Å². The second kappa shape index (κ2) is 7.23. The molecule has 0 spiro atoms. The molecule has 2 aromatic rings. The third kappa shape index (κ3) is 4.57. The van der Waals surface area contributed by atoms with Crippen molar-refractivity contribution in [1.29, 1.82) is 0 Å². The normalized spacial score (nSPS) is 13.7. The molecule has 0 amide bonds. The number of nitrogens with one attached hydrogen (secondary N) is 1. The van der Waals surface area contributed by atoms with Gasteiger partial charge in [0.05, 0.1) is 0 Å². The summed E-state index contributed by atoms with van der Waals surface area (Å²) in [4.78, 5) is 0. The van der Waals surface area contributed by atoms with E-state index in [1.807, 2.05) is 51.1 Å². The fourth-order valence-corrected chi connectivity index (χ4v) is 2.25. The molecule has 0 aromatic heterocycles. The van der Waals surface area contributed by atoms with Gasteiger partial charge in [0.1, 0.15) is 18.2 Å². The van der Waals surface area contributed by atoms with Gasteiger partial charge >= 0.3 is 0 Å². The summed E-state index contributed by atoms with van der Waals surface area (Å²) < 4.78 is 19.4. The highest BCUT2D eigenvalue weighted by atomic mass is 19.1. The maximum absolute atomic E-state index is 13.7. The summed E-state index contributed by atoms with van der Waals surface area (Å²) in [6, 6.07) is 14.9. The van der Waals surface area contributed by atoms with E-state index in [2.05, 4.69) is 5.32 Å². The average molecular weight is 287 g/mol. The summed E-state index contributed by atoms with van der Waals surface area (Å²) in [5, 5.41) is 3.35. The number of rotatable bonds is 6. The lowest BCUT2D eigenvalue weighted by Gasteiger charge is -2.21. The van der Waals surface area contributed by atoms with Gasteiger partial charge in [0.2, 0.25) is 0 Å². The molecule has 2 aromatic carbocycles. The van der Waals surface area contributed by atoms with Gasteiger partial charge in [-0.05, 0) is 39.0 Å². The second-order valence-electron chi connectivity index (χ2n) is 5.43. The molecular formula is C18H22FNO. The first kappa shape index (κ1) is 15.5. The lowest BCUT2D eigenvalue weighted by Crippen LogP contribution is -2.34. The zero-order chi connectivity index (χ0) is 15.2. The molecule has 0 aliphatic heterocycles. The molecule has 2 rings (SSSR count). The number of halogens is 1. The molecule has 0 saturated heterocycles. The van der Waals surface area contributed by atoms with Crippen LogP contribution in [-0.2, 0) is 0 Å². The van der Waals surface area contributed by atoms with Crippen LogP contribution < -0.4 is 10.1 Å². The highest BCUT2D eigenvalue weighted by molar-refractivity contribution is 5.26. The molecule has 0 bridgehead atoms. The molecule has 1 N–H and O–H groups in total. The standard InChI is InChI=1S/C18H22FNO/c1-13-8-10-16(11-9-13)21-12-14(2)20-15(3)17-6-4-5-7-18(17)19/h4-11,14-15,20H,12H2,1-3H3. The Balaban J connectivity index is 1.85. The Kier molecular flexibility index (Phi) is 5.34. The molecule has 0 aliphatic carbocycles. The largest absolute Gasteiger partial charge is 0.492 e. The third-order valence-corrected chi connectivity index (χ3v) is 3.43. The maximum atomic E-state index is 13.7. The molecule has 2 nitrogen and oxygen atoms in total. The van der Waals surface area contributed by atoms with Gasteiger partial charge in [-0.15, -0.1) is 0 Å². The molecule has 0 radical (unpaired) electrons. The summed E-state index contributed by atoms with van der Waals surface area (Å²) in [5.41, 5.74) is 1.89. The molecule has 0 fully saturated rings. The predicted molar refractivity (Wildman–Crippen MR) is 84.1 cm³/mol. The summed E-state index contributed by atoms with van der Waals surface area (Å²) in [7, 11) is 0. The van der Waals surface area contributed by atoms with Crippen molar-refractivity contribution in [3.05, 3.63) is 65.5 Å². The van der Waals surface area contributed by atoms with Crippen LogP contribution >= 0.6 is 0 Å². The average Bonchev–Trinajstić information content (AvgIpc) is 2.47. The minimum atomic E-state index is -0.177. The van der Waals surface area contributed by atoms with Crippen LogP contribution in [0, 0.1) is 12.7 Å². The van der Waals surface area contributed by atoms with Crippen LogP contribution in [0.5, 0.6) is 5.75 Å². The van der Waals surface area contributed by atoms with Crippen molar-refractivity contribution < 1.29 is 9.13 Å². The van der Waals surface area contributed by atoms with Gasteiger partial charge in [0, 0.05) is 17.6 Å². The molecule has 0 saturated carbocycles. The summed E-state index contributed by atoms with van der Waals surface area (Å²) >= 11 is 0. The lowest BCUT2D eigenvalue weighted by atomic mass is 10.1. The van der Waals surface area contributed by atoms with Crippen LogP contribution in [0.1, 0.15) is 31.0 Å². The zero-order valence-electron chi connectivity index (χ0n) is 12.8. The van der Waals surface area contributed by atoms with E-state index in [1.54, 1.807) is 12.1 Å². The Morgan fingerprint density at radius 3 is 2.38 bits per heavy atom. The third-order valence-electron chi connectivity index (χ3n) is 3.43. The smallest absolute Gasteiger partial charge is 0.127 e. The van der Waals surface area contributed by atoms with Gasteiger partial charge in [-0.25, -0.2) is 4.39 Å². The molecule has 2 atom stereocenters. The number of aryl methyl sites for hydroxylation is 1. The Labute approximate surface area is 126 Å². The lowest BCUT2D eigenvalue weighted by molar-refractivity contribution is 0.263. The molecule has 0 aliphatic rings. The fourth-order valence-electron chi connectivity index (χ4n) is 2.25. The zero-order valence-corrected chi connectivity index (χ0v) is 12.8. The van der Waals surface area contributed by atoms with Crippen molar-refractivity contribution in [2.75, 3.05) is 6.61 Å². The Hall–Kier alpha value is -1.87. The predicted octanol–water partition coefficient (Wildman–Crippen LogP) is 4.25. The van der Waals surface area contributed by atoms with Crippen molar-refractivity contribution in [2.24, 2.45) is 0 Å². The number of ether oxygens (including phenoxy) is 1. The summed E-state index contributed by atoms with van der Waals surface area (Å²) in [5.74, 6) is 0.678. The molecule has 21 heavy (non-hydrogen) atoms. The van der Waals surface area contributed by atoms with Crippen LogP contribution in [0.4, 0.5) is 4.39 Å². The number of hydrogen-bond acceptors (Lipinski definition) is 2. The highest BCUT2D eigenvalue weighted by Crippen LogP contribution is 2.17. The Morgan fingerprint density at radius 1 is 1.05 bits per heavy atom. The molecule has 2 unspecified atom stereocenters. The summed E-state index contributed by atoms with van der Waals surface area (Å²) in [6.45, 7) is 6.58. The van der Waals surface area contributed by atoms with E-state index in [4.69, 9.17) is 4.74 Å². The quantitative estimate of drug-likeness (QED) is 0.857. The number of hydrogen-bond donors (Lipinski definition) is 1. The van der Waals surface area contributed by atoms with Crippen molar-refractivity contribution in [3.8, 4) is 5.75 Å². The molecule has 0 heterocycles. The topological polar surface area (TPSA) is 21.3 Å². The van der Waals surface area contributed by atoms with E-state index in [0.29, 0.717) is 12.2 Å². The van der Waals surface area contributed by atoms with E-state index in [-0.39, 0.29) is 17.9 Å². The molecular weight excluding hydrogens is 265 g/mol. The van der Waals surface area contributed by atoms with Crippen LogP contribution in [-0.4, -0.2) is 12.6 Å². The van der Waals surface area contributed by atoms with Crippen LogP contribution in [0.15, 0.2) is 48.5 Å². The van der Waals surface area contributed by atoms with Gasteiger partial charge in [-0.1, -0.05) is 35.9 Å². The minimum absolute atomic E-state index is 0.0529. The van der Waals surface area contributed by atoms with E-state index in [9.17, 15) is 4.39 Å². The van der Waals surface area contributed by atoms with Gasteiger partial charge in [0.25, 0.3) is 0 Å². The van der Waals surface area contributed by atoms with E-state index in [1.165, 1.54) is 11.6 Å². The highest BCUT2D eigenvalue weighted by Gasteiger charge is 2.13. The van der Waals surface area contributed by atoms with Crippen molar-refractivity contribution in [3.63, 3.8) is 0 Å². The van der Waals surface area contributed by atoms with E-state index in [0.717, 1.165) is 5.75 Å². The van der Waals surface area contributed by atoms with Crippen molar-refractivity contribution in [2.45, 2.75) is 32.9 Å². The van der Waals surface area contributed by atoms with E-state index >= 15 is 0 Å². The molecule has 112 valence electrons. The Morgan fingerprint density at radius 2 is 1.71 bits per heavy atom. The monoisotopic (exact) mass is 287 g/mol.